The second-order valence-corrected chi connectivity index (χ2v) is 5.59. The highest BCUT2D eigenvalue weighted by atomic mass is 35.5. The molecule has 0 atom stereocenters. The van der Waals surface area contributed by atoms with Crippen LogP contribution in [0.5, 0.6) is 0 Å². The van der Waals surface area contributed by atoms with Gasteiger partial charge in [0.25, 0.3) is 0 Å². The maximum absolute atomic E-state index is 11.9. The largest absolute Gasteiger partial charge is 0.376 e. The van der Waals surface area contributed by atoms with E-state index in [1.54, 1.807) is 18.2 Å². The van der Waals surface area contributed by atoms with Gasteiger partial charge in [-0.3, -0.25) is 4.79 Å². The van der Waals surface area contributed by atoms with Gasteiger partial charge in [-0.2, -0.15) is 0 Å². The van der Waals surface area contributed by atoms with Crippen molar-refractivity contribution in [2.75, 3.05) is 17.2 Å². The van der Waals surface area contributed by atoms with E-state index >= 15 is 0 Å². The summed E-state index contributed by atoms with van der Waals surface area (Å²) < 4.78 is 0. The zero-order valence-corrected chi connectivity index (χ0v) is 13.3. The molecule has 0 radical (unpaired) electrons. The van der Waals surface area contributed by atoms with Crippen molar-refractivity contribution >= 4 is 40.5 Å². The number of halogens is 2. The van der Waals surface area contributed by atoms with Gasteiger partial charge in [0.1, 0.15) is 0 Å². The first-order chi connectivity index (χ1) is 9.97. The van der Waals surface area contributed by atoms with Crippen LogP contribution < -0.4 is 10.6 Å². The van der Waals surface area contributed by atoms with Gasteiger partial charge in [-0.25, -0.2) is 0 Å². The Morgan fingerprint density at radius 1 is 1.10 bits per heavy atom. The van der Waals surface area contributed by atoms with Gasteiger partial charge >= 0.3 is 0 Å². The summed E-state index contributed by atoms with van der Waals surface area (Å²) in [5.74, 6) is -0.183. The summed E-state index contributed by atoms with van der Waals surface area (Å²) in [6, 6.07) is 11.1. The minimum absolute atomic E-state index is 0.158. The molecule has 21 heavy (non-hydrogen) atoms. The van der Waals surface area contributed by atoms with Crippen LogP contribution in [0.25, 0.3) is 0 Å². The fourth-order valence-electron chi connectivity index (χ4n) is 1.83. The molecular weight excluding hydrogens is 307 g/mol. The van der Waals surface area contributed by atoms with Gasteiger partial charge in [0.2, 0.25) is 5.91 Å². The summed E-state index contributed by atoms with van der Waals surface area (Å²) in [5, 5.41) is 6.57. The maximum Gasteiger partial charge on any atom is 0.243 e. The molecule has 110 valence electrons. The van der Waals surface area contributed by atoms with E-state index in [1.165, 1.54) is 11.1 Å². The van der Waals surface area contributed by atoms with Crippen LogP contribution in [-0.4, -0.2) is 12.5 Å². The molecule has 0 aliphatic heterocycles. The Hall–Kier alpha value is -1.71. The number of carbonyl (C=O) groups is 1. The van der Waals surface area contributed by atoms with Gasteiger partial charge in [0.15, 0.2) is 0 Å². The molecule has 2 aromatic carbocycles. The normalized spacial score (nSPS) is 10.3. The molecule has 0 saturated heterocycles. The van der Waals surface area contributed by atoms with Crippen molar-refractivity contribution in [2.24, 2.45) is 0 Å². The second-order valence-electron chi connectivity index (χ2n) is 4.80. The number of anilines is 2. The van der Waals surface area contributed by atoms with Crippen LogP contribution in [0, 0.1) is 13.8 Å². The van der Waals surface area contributed by atoms with E-state index in [2.05, 4.69) is 10.6 Å². The fraction of sp³-hybridized carbons (Fsp3) is 0.188. The zero-order chi connectivity index (χ0) is 15.4. The molecule has 1 amide bonds. The average molecular weight is 323 g/mol. The Kier molecular flexibility index (Phi) is 5.10. The zero-order valence-electron chi connectivity index (χ0n) is 11.8. The lowest BCUT2D eigenvalue weighted by molar-refractivity contribution is -0.114. The van der Waals surface area contributed by atoms with E-state index in [1.807, 2.05) is 32.0 Å². The first-order valence-electron chi connectivity index (χ1n) is 6.52. The number of nitrogens with one attached hydrogen (secondary N) is 2. The van der Waals surface area contributed by atoms with Crippen molar-refractivity contribution in [3.05, 3.63) is 57.6 Å². The smallest absolute Gasteiger partial charge is 0.243 e. The highest BCUT2D eigenvalue weighted by Crippen LogP contribution is 2.29. The number of hydrogen-bond acceptors (Lipinski definition) is 2. The molecule has 0 aliphatic rings. The third-order valence-corrected chi connectivity index (χ3v) is 4.00. The quantitative estimate of drug-likeness (QED) is 0.859. The van der Waals surface area contributed by atoms with Crippen LogP contribution >= 0.6 is 23.2 Å². The number of benzene rings is 2. The van der Waals surface area contributed by atoms with Gasteiger partial charge in [-0.05, 0) is 49.2 Å². The molecule has 0 spiro atoms. The Labute approximate surface area is 134 Å². The van der Waals surface area contributed by atoms with Gasteiger partial charge in [0.05, 0.1) is 22.3 Å². The molecule has 2 aromatic rings. The maximum atomic E-state index is 11.9. The van der Waals surface area contributed by atoms with Gasteiger partial charge < -0.3 is 10.6 Å². The second kappa shape index (κ2) is 6.83. The summed E-state index contributed by atoms with van der Waals surface area (Å²) >= 11 is 11.9. The minimum Gasteiger partial charge on any atom is -0.376 e. The molecule has 0 heterocycles. The van der Waals surface area contributed by atoms with E-state index in [9.17, 15) is 4.79 Å². The van der Waals surface area contributed by atoms with E-state index in [-0.39, 0.29) is 12.5 Å². The SMILES string of the molecule is Cc1ccc(NCC(=O)Nc2cccc(Cl)c2Cl)cc1C. The van der Waals surface area contributed by atoms with E-state index in [0.29, 0.717) is 15.7 Å². The monoisotopic (exact) mass is 322 g/mol. The van der Waals surface area contributed by atoms with Gasteiger partial charge in [-0.1, -0.05) is 35.3 Å². The Morgan fingerprint density at radius 2 is 1.86 bits per heavy atom. The highest BCUT2D eigenvalue weighted by Gasteiger charge is 2.08. The van der Waals surface area contributed by atoms with Crippen molar-refractivity contribution in [2.45, 2.75) is 13.8 Å². The molecule has 0 aromatic heterocycles. The summed E-state index contributed by atoms with van der Waals surface area (Å²) in [4.78, 5) is 11.9. The van der Waals surface area contributed by atoms with Crippen LogP contribution in [0.4, 0.5) is 11.4 Å². The Bertz CT molecular complexity index is 671. The van der Waals surface area contributed by atoms with Gasteiger partial charge in [-0.15, -0.1) is 0 Å². The minimum atomic E-state index is -0.183. The van der Waals surface area contributed by atoms with E-state index in [4.69, 9.17) is 23.2 Å². The molecule has 0 unspecified atom stereocenters. The lowest BCUT2D eigenvalue weighted by Crippen LogP contribution is -2.22. The molecule has 2 rings (SSSR count). The molecule has 0 saturated carbocycles. The molecule has 2 N–H and O–H groups in total. The lowest BCUT2D eigenvalue weighted by atomic mass is 10.1. The van der Waals surface area contributed by atoms with Crippen LogP contribution in [0.3, 0.4) is 0 Å². The summed E-state index contributed by atoms with van der Waals surface area (Å²) in [6.45, 7) is 4.24. The van der Waals surface area contributed by atoms with E-state index < -0.39 is 0 Å². The number of amides is 1. The molecule has 5 heteroatoms. The standard InChI is InChI=1S/C16H16Cl2N2O/c1-10-6-7-12(8-11(10)2)19-9-15(21)20-14-5-3-4-13(17)16(14)18/h3-8,19H,9H2,1-2H3,(H,20,21). The van der Waals surface area contributed by atoms with E-state index in [0.717, 1.165) is 5.69 Å². The topological polar surface area (TPSA) is 41.1 Å². The molecule has 0 bridgehead atoms. The Balaban J connectivity index is 1.96. The molecule has 0 aliphatic carbocycles. The average Bonchev–Trinajstić information content (AvgIpc) is 2.45. The number of aryl methyl sites for hydroxylation is 2. The van der Waals surface area contributed by atoms with Crippen LogP contribution in [0.15, 0.2) is 36.4 Å². The highest BCUT2D eigenvalue weighted by molar-refractivity contribution is 6.44. The Morgan fingerprint density at radius 3 is 2.57 bits per heavy atom. The number of carbonyl (C=O) groups excluding carboxylic acids is 1. The van der Waals surface area contributed by atoms with Gasteiger partial charge in [0, 0.05) is 5.69 Å². The summed E-state index contributed by atoms with van der Waals surface area (Å²) in [6.07, 6.45) is 0. The number of rotatable bonds is 4. The van der Waals surface area contributed by atoms with Crippen LogP contribution in [-0.2, 0) is 4.79 Å². The predicted octanol–water partition coefficient (Wildman–Crippen LogP) is 4.66. The van der Waals surface area contributed by atoms with Crippen molar-refractivity contribution in [1.29, 1.82) is 0 Å². The third-order valence-electron chi connectivity index (χ3n) is 3.19. The van der Waals surface area contributed by atoms with Crippen LogP contribution in [0.2, 0.25) is 10.0 Å². The molecule has 0 fully saturated rings. The first kappa shape index (κ1) is 15.7. The molecule has 3 nitrogen and oxygen atoms in total. The molecular formula is C16H16Cl2N2O. The van der Waals surface area contributed by atoms with Crippen molar-refractivity contribution < 1.29 is 4.79 Å². The third kappa shape index (κ3) is 4.13. The van der Waals surface area contributed by atoms with Crippen molar-refractivity contribution in [1.82, 2.24) is 0 Å². The summed E-state index contributed by atoms with van der Waals surface area (Å²) in [7, 11) is 0. The van der Waals surface area contributed by atoms with Crippen molar-refractivity contribution in [3.63, 3.8) is 0 Å². The predicted molar refractivity (Wildman–Crippen MR) is 89.5 cm³/mol. The first-order valence-corrected chi connectivity index (χ1v) is 7.28. The summed E-state index contributed by atoms with van der Waals surface area (Å²) in [5.41, 5.74) is 3.82. The van der Waals surface area contributed by atoms with Crippen molar-refractivity contribution in [3.8, 4) is 0 Å². The fourth-order valence-corrected chi connectivity index (χ4v) is 2.18. The number of hydrogen-bond donors (Lipinski definition) is 2. The van der Waals surface area contributed by atoms with Crippen LogP contribution in [0.1, 0.15) is 11.1 Å². The lowest BCUT2D eigenvalue weighted by Gasteiger charge is -2.10.